The summed E-state index contributed by atoms with van der Waals surface area (Å²) in [5.41, 5.74) is 0. The molecule has 0 saturated carbocycles. The molecule has 0 saturated heterocycles. The van der Waals surface area contributed by atoms with Gasteiger partial charge >= 0.3 is 24.4 Å². The summed E-state index contributed by atoms with van der Waals surface area (Å²) >= 11 is 0. The third-order valence-corrected chi connectivity index (χ3v) is 1.20. The third-order valence-electron chi connectivity index (χ3n) is 1.20. The number of halogens is 10. The van der Waals surface area contributed by atoms with Gasteiger partial charge in [-0.3, -0.25) is 0 Å². The van der Waals surface area contributed by atoms with Crippen LogP contribution < -0.4 is 0 Å². The van der Waals surface area contributed by atoms with Crippen molar-refractivity contribution in [3.8, 4) is 0 Å². The molecule has 0 aromatic heterocycles. The predicted molar refractivity (Wildman–Crippen MR) is 33.9 cm³/mol. The molecule has 0 fully saturated rings. The van der Waals surface area contributed by atoms with Crippen LogP contribution in [0.1, 0.15) is 0 Å². The normalized spacial score (nSPS) is 15.0. The van der Waals surface area contributed by atoms with E-state index in [-0.39, 0.29) is 0 Å². The van der Waals surface area contributed by atoms with E-state index in [2.05, 4.69) is 9.47 Å². The van der Waals surface area contributed by atoms with E-state index in [1.165, 1.54) is 0 Å². The molecule has 0 aliphatic rings. The minimum absolute atomic E-state index is 2.06. The van der Waals surface area contributed by atoms with Gasteiger partial charge in [0, 0.05) is 0 Å². The Morgan fingerprint density at radius 2 is 0.778 bits per heavy atom. The Balaban J connectivity index is 4.97. The lowest BCUT2D eigenvalue weighted by atomic mass is 10.5. The summed E-state index contributed by atoms with van der Waals surface area (Å²) in [7, 11) is 0. The first-order valence-corrected chi connectivity index (χ1v) is 3.82. The van der Waals surface area contributed by atoms with Gasteiger partial charge in [0.25, 0.3) is 0 Å². The minimum Gasteiger partial charge on any atom is -0.246 e. The molecule has 2 nitrogen and oxygen atoms in total. The second kappa shape index (κ2) is 5.07. The van der Waals surface area contributed by atoms with Crippen LogP contribution in [0.15, 0.2) is 0 Å². The van der Waals surface area contributed by atoms with Gasteiger partial charge in [-0.15, -0.1) is 0 Å². The Morgan fingerprint density at radius 3 is 0.944 bits per heavy atom. The molecule has 0 N–H and O–H groups in total. The van der Waals surface area contributed by atoms with Crippen LogP contribution in [-0.2, 0) is 9.47 Å². The largest absolute Gasteiger partial charge is 0.453 e. The highest BCUT2D eigenvalue weighted by Crippen LogP contribution is 2.43. The predicted octanol–water partition coefficient (Wildman–Crippen LogP) is 3.33. The van der Waals surface area contributed by atoms with Gasteiger partial charge in [-0.25, -0.2) is 18.3 Å². The van der Waals surface area contributed by atoms with E-state index in [4.69, 9.17) is 0 Å². The Morgan fingerprint density at radius 1 is 0.556 bits per heavy atom. The van der Waals surface area contributed by atoms with E-state index in [9.17, 15) is 43.9 Å². The Hall–Kier alpha value is -0.780. The Bertz CT molecular complexity index is 250. The van der Waals surface area contributed by atoms with Gasteiger partial charge in [-0.2, -0.15) is 35.1 Å². The van der Waals surface area contributed by atoms with Crippen molar-refractivity contribution in [3.05, 3.63) is 0 Å². The Kier molecular flexibility index (Phi) is 4.85. The van der Waals surface area contributed by atoms with Gasteiger partial charge in [0.05, 0.1) is 0 Å². The summed E-state index contributed by atoms with van der Waals surface area (Å²) in [5.74, 6) is 0. The Labute approximate surface area is 92.4 Å². The van der Waals surface area contributed by atoms with Crippen molar-refractivity contribution in [3.63, 3.8) is 0 Å². The molecular formula is C6H4F10O2. The van der Waals surface area contributed by atoms with E-state index in [1.54, 1.807) is 0 Å². The van der Waals surface area contributed by atoms with E-state index in [1.807, 2.05) is 0 Å². The highest BCUT2D eigenvalue weighted by Gasteiger charge is 2.67. The zero-order valence-electron chi connectivity index (χ0n) is 8.01. The number of ether oxygens (including phenoxy) is 2. The highest BCUT2D eigenvalue weighted by molar-refractivity contribution is 4.71. The van der Waals surface area contributed by atoms with Gasteiger partial charge < -0.3 is 0 Å². The fourth-order valence-electron chi connectivity index (χ4n) is 0.548. The molecule has 0 aromatic carbocycles. The first kappa shape index (κ1) is 17.2. The average Bonchev–Trinajstić information content (AvgIpc) is 2.14. The maximum atomic E-state index is 12.4. The monoisotopic (exact) mass is 298 g/mol. The van der Waals surface area contributed by atoms with Crippen molar-refractivity contribution in [1.29, 1.82) is 0 Å². The van der Waals surface area contributed by atoms with E-state index < -0.39 is 37.8 Å². The lowest BCUT2D eigenvalue weighted by Gasteiger charge is -2.29. The molecule has 0 radical (unpaired) electrons. The lowest BCUT2D eigenvalue weighted by Crippen LogP contribution is -2.52. The van der Waals surface area contributed by atoms with Gasteiger partial charge in [0.15, 0.2) is 13.3 Å². The van der Waals surface area contributed by atoms with E-state index >= 15 is 0 Å². The first-order valence-electron chi connectivity index (χ1n) is 3.82. The molecule has 0 aliphatic carbocycles. The molecule has 110 valence electrons. The zero-order valence-corrected chi connectivity index (χ0v) is 8.01. The molecule has 0 spiro atoms. The number of hydrogen-bond acceptors (Lipinski definition) is 2. The molecule has 0 aromatic rings. The third kappa shape index (κ3) is 4.48. The molecule has 0 atom stereocenters. The van der Waals surface area contributed by atoms with Crippen LogP contribution in [0.4, 0.5) is 43.9 Å². The first-order chi connectivity index (χ1) is 7.79. The van der Waals surface area contributed by atoms with Gasteiger partial charge in [0.1, 0.15) is 0 Å². The summed E-state index contributed by atoms with van der Waals surface area (Å²) < 4.78 is 124. The van der Waals surface area contributed by atoms with Crippen LogP contribution in [0.2, 0.25) is 0 Å². The molecule has 18 heavy (non-hydrogen) atoms. The van der Waals surface area contributed by atoms with Crippen LogP contribution in [0.5, 0.6) is 0 Å². The molecular weight excluding hydrogens is 294 g/mol. The number of rotatable bonds is 7. The summed E-state index contributed by atoms with van der Waals surface area (Å²) in [5, 5.41) is 0. The molecule has 0 bridgehead atoms. The van der Waals surface area contributed by atoms with Crippen molar-refractivity contribution in [2.75, 3.05) is 13.3 Å². The molecule has 0 heterocycles. The smallest absolute Gasteiger partial charge is 0.246 e. The fourth-order valence-corrected chi connectivity index (χ4v) is 0.548. The van der Waals surface area contributed by atoms with Gasteiger partial charge in [0.2, 0.25) is 0 Å². The van der Waals surface area contributed by atoms with Crippen LogP contribution in [0, 0.1) is 0 Å². The van der Waals surface area contributed by atoms with E-state index in [0.717, 1.165) is 0 Å². The maximum Gasteiger partial charge on any atom is 0.453 e. The summed E-state index contributed by atoms with van der Waals surface area (Å²) in [6, 6.07) is 0. The van der Waals surface area contributed by atoms with Crippen molar-refractivity contribution in [2.45, 2.75) is 24.4 Å². The summed E-state index contributed by atoms with van der Waals surface area (Å²) in [6.07, 6.45) is -23.3. The van der Waals surface area contributed by atoms with Crippen molar-refractivity contribution < 1.29 is 53.4 Å². The van der Waals surface area contributed by atoms with Crippen LogP contribution in [0.3, 0.4) is 0 Å². The molecule has 0 rings (SSSR count). The van der Waals surface area contributed by atoms with Crippen LogP contribution in [0.25, 0.3) is 0 Å². The maximum absolute atomic E-state index is 12.4. The quantitative estimate of drug-likeness (QED) is 0.671. The second-order valence-electron chi connectivity index (χ2n) is 2.78. The number of alkyl halides is 10. The molecule has 0 amide bonds. The van der Waals surface area contributed by atoms with Crippen LogP contribution >= 0.6 is 0 Å². The second-order valence-corrected chi connectivity index (χ2v) is 2.78. The van der Waals surface area contributed by atoms with Crippen molar-refractivity contribution in [2.24, 2.45) is 0 Å². The zero-order chi connectivity index (χ0) is 14.8. The number of hydrogen-bond donors (Lipinski definition) is 0. The SMILES string of the molecule is FCC(F)(F)OC(F)(F)C(F)(F)OC(F)(F)CF. The topological polar surface area (TPSA) is 18.5 Å². The standard InChI is InChI=1S/C6H4F10O2/c7-1-3(9,10)17-5(13,14)6(15,16)18-4(11,12)2-8/h1-2H2. The molecule has 0 unspecified atom stereocenters. The van der Waals surface area contributed by atoms with Crippen molar-refractivity contribution in [1.82, 2.24) is 0 Å². The fraction of sp³-hybridized carbons (Fsp3) is 1.00. The summed E-state index contributed by atoms with van der Waals surface area (Å²) in [6.45, 7) is -5.84. The average molecular weight is 298 g/mol. The van der Waals surface area contributed by atoms with E-state index in [0.29, 0.717) is 0 Å². The van der Waals surface area contributed by atoms with Crippen LogP contribution in [-0.4, -0.2) is 37.8 Å². The highest BCUT2D eigenvalue weighted by atomic mass is 19.3. The lowest BCUT2D eigenvalue weighted by molar-refractivity contribution is -0.513. The molecule has 12 heteroatoms. The minimum atomic E-state index is -6.30. The van der Waals surface area contributed by atoms with Gasteiger partial charge in [-0.05, 0) is 0 Å². The summed E-state index contributed by atoms with van der Waals surface area (Å²) in [4.78, 5) is 0. The van der Waals surface area contributed by atoms with Crippen molar-refractivity contribution >= 4 is 0 Å². The van der Waals surface area contributed by atoms with Gasteiger partial charge in [-0.1, -0.05) is 0 Å². The molecule has 0 aliphatic heterocycles.